The molecule has 0 aliphatic carbocycles. The Morgan fingerprint density at radius 1 is 0.262 bits per heavy atom. The maximum Gasteiger partial charge on any atom is 0.0645 e. The standard InChI is InChI=1S/C60H41N/c1-2-12-47(13-3-1)59-40-33-48-15-7-9-19-58(48)60(59)50-31-38-55(39-32-50)61(54-36-29-49(30-37-54)57-20-10-17-46-14-6-8-18-56(46)57)53-34-27-44(28-35-53)43-21-23-45(24-22-43)52-26-25-42-11-4-5-16-51(42)41-52/h1-41H/i27D,28D,29D,30D,34D,35D,36D,37D. The Hall–Kier alpha value is -8.00. The largest absolute Gasteiger partial charge is 0.311 e. The maximum absolute atomic E-state index is 9.66. The Balaban J connectivity index is 1.10. The van der Waals surface area contributed by atoms with Gasteiger partial charge in [0.2, 0.25) is 0 Å². The summed E-state index contributed by atoms with van der Waals surface area (Å²) in [6, 6.07) is 62.0. The molecule has 0 saturated heterocycles. The zero-order chi connectivity index (χ0) is 47.5. The van der Waals surface area contributed by atoms with Crippen molar-refractivity contribution in [1.82, 2.24) is 0 Å². The molecule has 0 bridgehead atoms. The fourth-order valence-electron chi connectivity index (χ4n) is 8.34. The van der Waals surface area contributed by atoms with Crippen LogP contribution < -0.4 is 4.90 Å². The van der Waals surface area contributed by atoms with Gasteiger partial charge in [0, 0.05) is 17.1 Å². The van der Waals surface area contributed by atoms with E-state index in [2.05, 4.69) is 60.7 Å². The lowest BCUT2D eigenvalue weighted by Gasteiger charge is -2.26. The molecule has 0 radical (unpaired) electrons. The van der Waals surface area contributed by atoms with E-state index in [4.69, 9.17) is 0 Å². The molecule has 11 aromatic rings. The molecule has 0 aliphatic heterocycles. The molecule has 0 aliphatic rings. The van der Waals surface area contributed by atoms with Crippen LogP contribution >= 0.6 is 0 Å². The van der Waals surface area contributed by atoms with Crippen LogP contribution in [0.25, 0.3) is 88.0 Å². The Bertz CT molecular complexity index is 3750. The fraction of sp³-hybridized carbons (Fsp3) is 0. The van der Waals surface area contributed by atoms with Crippen molar-refractivity contribution in [3.8, 4) is 55.6 Å². The molecule has 0 fully saturated rings. The van der Waals surface area contributed by atoms with Crippen molar-refractivity contribution < 1.29 is 11.0 Å². The van der Waals surface area contributed by atoms with Crippen molar-refractivity contribution >= 4 is 49.4 Å². The summed E-state index contributed by atoms with van der Waals surface area (Å²) in [5.74, 6) is 0. The van der Waals surface area contributed by atoms with E-state index < -0.39 is 24.2 Å². The number of rotatable bonds is 8. The molecule has 0 unspecified atom stereocenters. The Morgan fingerprint density at radius 3 is 1.48 bits per heavy atom. The van der Waals surface area contributed by atoms with Crippen molar-refractivity contribution in [3.05, 3.63) is 249 Å². The lowest BCUT2D eigenvalue weighted by atomic mass is 9.89. The van der Waals surface area contributed by atoms with Gasteiger partial charge in [0.15, 0.2) is 0 Å². The summed E-state index contributed by atoms with van der Waals surface area (Å²) < 4.78 is 76.7. The molecule has 0 saturated carbocycles. The van der Waals surface area contributed by atoms with Crippen LogP contribution in [-0.4, -0.2) is 0 Å². The molecular weight excluding hydrogens is 735 g/mol. The minimum absolute atomic E-state index is 0.101. The van der Waals surface area contributed by atoms with Gasteiger partial charge in [0.25, 0.3) is 0 Å². The first-order valence-electron chi connectivity index (χ1n) is 24.3. The maximum atomic E-state index is 9.66. The molecular formula is C60H41N. The van der Waals surface area contributed by atoms with Crippen molar-refractivity contribution in [3.63, 3.8) is 0 Å². The van der Waals surface area contributed by atoms with Gasteiger partial charge in [0.05, 0.1) is 11.0 Å². The second-order valence-electron chi connectivity index (χ2n) is 15.1. The summed E-state index contributed by atoms with van der Waals surface area (Å²) in [4.78, 5) is 1.37. The van der Waals surface area contributed by atoms with Crippen LogP contribution in [-0.2, 0) is 0 Å². The van der Waals surface area contributed by atoms with Gasteiger partial charge in [-0.3, -0.25) is 0 Å². The summed E-state index contributed by atoms with van der Waals surface area (Å²) in [7, 11) is 0. The first-order chi connectivity index (χ1) is 33.6. The first-order valence-corrected chi connectivity index (χ1v) is 20.3. The third-order valence-corrected chi connectivity index (χ3v) is 11.4. The molecule has 61 heavy (non-hydrogen) atoms. The van der Waals surface area contributed by atoms with Crippen LogP contribution in [0, 0.1) is 0 Å². The van der Waals surface area contributed by atoms with Crippen molar-refractivity contribution in [2.24, 2.45) is 0 Å². The van der Waals surface area contributed by atoms with Gasteiger partial charge in [-0.15, -0.1) is 0 Å². The van der Waals surface area contributed by atoms with Gasteiger partial charge in [-0.05, 0) is 130 Å². The zero-order valence-corrected chi connectivity index (χ0v) is 33.0. The van der Waals surface area contributed by atoms with Crippen LogP contribution in [0.3, 0.4) is 0 Å². The van der Waals surface area contributed by atoms with E-state index >= 15 is 0 Å². The van der Waals surface area contributed by atoms with Gasteiger partial charge in [-0.2, -0.15) is 0 Å². The van der Waals surface area contributed by atoms with Gasteiger partial charge in [-0.25, -0.2) is 0 Å². The third-order valence-electron chi connectivity index (χ3n) is 11.4. The van der Waals surface area contributed by atoms with E-state index in [-0.39, 0.29) is 46.7 Å². The highest BCUT2D eigenvalue weighted by Crippen LogP contribution is 2.42. The predicted octanol–water partition coefficient (Wildman–Crippen LogP) is 17.0. The fourth-order valence-corrected chi connectivity index (χ4v) is 8.34. The minimum atomic E-state index is -0.399. The number of anilines is 3. The van der Waals surface area contributed by atoms with E-state index in [1.54, 1.807) is 30.3 Å². The highest BCUT2D eigenvalue weighted by atomic mass is 15.1. The highest BCUT2D eigenvalue weighted by molar-refractivity contribution is 6.04. The highest BCUT2D eigenvalue weighted by Gasteiger charge is 2.17. The SMILES string of the molecule is [2H]c1c([2H])c(N(c2ccc(-c3c(-c4ccccc4)ccc4ccccc34)cc2)c2c([2H])c([2H])c(-c3cccc4ccccc34)c([2H])c2[2H])c([2H])c([2H])c1-c1ccc(-c2ccc3ccccc3c2)cc1. The average molecular weight is 784 g/mol. The van der Waals surface area contributed by atoms with Crippen molar-refractivity contribution in [2.75, 3.05) is 4.90 Å². The third kappa shape index (κ3) is 6.93. The van der Waals surface area contributed by atoms with Crippen molar-refractivity contribution in [1.29, 1.82) is 0 Å². The second-order valence-corrected chi connectivity index (χ2v) is 15.1. The van der Waals surface area contributed by atoms with Crippen LogP contribution in [0.2, 0.25) is 0 Å². The van der Waals surface area contributed by atoms with E-state index in [0.29, 0.717) is 16.8 Å². The smallest absolute Gasteiger partial charge is 0.0645 e. The lowest BCUT2D eigenvalue weighted by molar-refractivity contribution is 1.28. The molecule has 11 aromatic carbocycles. The van der Waals surface area contributed by atoms with Gasteiger partial charge in [-0.1, -0.05) is 206 Å². The quantitative estimate of drug-likeness (QED) is 0.148. The molecule has 0 spiro atoms. The second kappa shape index (κ2) is 15.6. The molecule has 286 valence electrons. The summed E-state index contributed by atoms with van der Waals surface area (Å²) in [5, 5.41) is 5.97. The zero-order valence-electron chi connectivity index (χ0n) is 41.0. The number of fused-ring (bicyclic) bond motifs is 3. The summed E-state index contributed by atoms with van der Waals surface area (Å²) in [5.41, 5.74) is 7.00. The van der Waals surface area contributed by atoms with Gasteiger partial charge < -0.3 is 4.90 Å². The molecule has 1 heteroatoms. The molecule has 0 atom stereocenters. The monoisotopic (exact) mass is 783 g/mol. The van der Waals surface area contributed by atoms with Crippen LogP contribution in [0.15, 0.2) is 249 Å². The predicted molar refractivity (Wildman–Crippen MR) is 261 cm³/mol. The van der Waals surface area contributed by atoms with E-state index in [1.807, 2.05) is 109 Å². The molecule has 0 heterocycles. The average Bonchev–Trinajstić information content (AvgIpc) is 3.39. The van der Waals surface area contributed by atoms with E-state index in [1.165, 1.54) is 4.90 Å². The lowest BCUT2D eigenvalue weighted by Crippen LogP contribution is -2.09. The Kier molecular flexibility index (Phi) is 7.29. The summed E-state index contributed by atoms with van der Waals surface area (Å²) >= 11 is 0. The van der Waals surface area contributed by atoms with Crippen LogP contribution in [0.4, 0.5) is 17.1 Å². The van der Waals surface area contributed by atoms with Crippen LogP contribution in [0.5, 0.6) is 0 Å². The summed E-state index contributed by atoms with van der Waals surface area (Å²) in [6.07, 6.45) is 0. The number of nitrogens with zero attached hydrogens (tertiary/aromatic N) is 1. The Labute approximate surface area is 368 Å². The number of benzene rings is 11. The molecule has 0 N–H and O–H groups in total. The molecule has 0 amide bonds. The van der Waals surface area contributed by atoms with Gasteiger partial charge >= 0.3 is 0 Å². The molecule has 11 rings (SSSR count). The van der Waals surface area contributed by atoms with E-state index in [0.717, 1.165) is 65.7 Å². The topological polar surface area (TPSA) is 3.24 Å². The van der Waals surface area contributed by atoms with Crippen molar-refractivity contribution in [2.45, 2.75) is 0 Å². The van der Waals surface area contributed by atoms with E-state index in [9.17, 15) is 11.0 Å². The summed E-state index contributed by atoms with van der Waals surface area (Å²) in [6.45, 7) is 0. The molecule has 0 aromatic heterocycles. The first kappa shape index (κ1) is 28.4. The normalized spacial score (nSPS) is 13.1. The minimum Gasteiger partial charge on any atom is -0.311 e. The Morgan fingerprint density at radius 2 is 0.770 bits per heavy atom. The number of hydrogen-bond donors (Lipinski definition) is 0. The number of hydrogen-bond acceptors (Lipinski definition) is 1. The van der Waals surface area contributed by atoms with Crippen LogP contribution in [0.1, 0.15) is 11.0 Å². The molecule has 1 nitrogen and oxygen atoms in total. The van der Waals surface area contributed by atoms with Gasteiger partial charge in [0.1, 0.15) is 0 Å².